The molecule has 0 bridgehead atoms. The van der Waals surface area contributed by atoms with Crippen LogP contribution < -0.4 is 9.88 Å². The van der Waals surface area contributed by atoms with Gasteiger partial charge in [0.05, 0.1) is 21.3 Å². The van der Waals surface area contributed by atoms with Crippen molar-refractivity contribution in [2.45, 2.75) is 13.8 Å². The maximum atomic E-state index is 4.58. The van der Waals surface area contributed by atoms with E-state index in [1.165, 1.54) is 0 Å². The fraction of sp³-hybridized carbons (Fsp3) is 0.200. The van der Waals surface area contributed by atoms with Crippen molar-refractivity contribution in [3.63, 3.8) is 0 Å². The molecule has 21 heavy (non-hydrogen) atoms. The van der Waals surface area contributed by atoms with Crippen molar-refractivity contribution >= 4 is 23.0 Å². The van der Waals surface area contributed by atoms with Crippen LogP contribution in [0.5, 0.6) is 0 Å². The smallest absolute Gasteiger partial charge is 0.227 e. The lowest BCUT2D eigenvalue weighted by atomic mass is 10.3. The first-order valence-electron chi connectivity index (χ1n) is 6.61. The quantitative estimate of drug-likeness (QED) is 0.755. The first-order chi connectivity index (χ1) is 10.1. The van der Waals surface area contributed by atoms with E-state index in [0.717, 1.165) is 27.0 Å². The third-order valence-electron chi connectivity index (χ3n) is 2.99. The Morgan fingerprint density at radius 1 is 1.19 bits per heavy atom. The predicted molar refractivity (Wildman–Crippen MR) is 83.5 cm³/mol. The normalized spacial score (nSPS) is 10.6. The molecule has 3 aromatic heterocycles. The molecule has 0 saturated heterocycles. The largest absolute Gasteiger partial charge is 0.319 e. The molecule has 0 aliphatic carbocycles. The molecule has 3 rings (SSSR count). The van der Waals surface area contributed by atoms with Crippen LogP contribution in [0.25, 0.3) is 10.6 Å². The highest BCUT2D eigenvalue weighted by Gasteiger charge is 2.10. The number of rotatable bonds is 3. The van der Waals surface area contributed by atoms with Gasteiger partial charge in [-0.25, -0.2) is 19.5 Å². The van der Waals surface area contributed by atoms with E-state index in [-0.39, 0.29) is 0 Å². The molecule has 0 atom stereocenters. The monoisotopic (exact) mass is 298 g/mol. The van der Waals surface area contributed by atoms with Gasteiger partial charge in [-0.15, -0.1) is 11.3 Å². The Morgan fingerprint density at radius 3 is 2.76 bits per heavy atom. The molecule has 0 fully saturated rings. The van der Waals surface area contributed by atoms with Crippen molar-refractivity contribution in [1.82, 2.24) is 15.0 Å². The lowest BCUT2D eigenvalue weighted by Crippen LogP contribution is -2.26. The van der Waals surface area contributed by atoms with Crippen LogP contribution >= 0.6 is 11.3 Å². The fourth-order valence-corrected chi connectivity index (χ4v) is 2.99. The summed E-state index contributed by atoms with van der Waals surface area (Å²) < 4.78 is 1.98. The number of thiazole rings is 1. The Morgan fingerprint density at radius 2 is 2.05 bits per heavy atom. The van der Waals surface area contributed by atoms with E-state index < -0.39 is 0 Å². The van der Waals surface area contributed by atoms with E-state index in [2.05, 4.69) is 20.3 Å². The zero-order valence-electron chi connectivity index (χ0n) is 12.2. The number of aryl methyl sites for hydroxylation is 3. The molecule has 0 unspecified atom stereocenters. The summed E-state index contributed by atoms with van der Waals surface area (Å²) in [6, 6.07) is 5.87. The van der Waals surface area contributed by atoms with Crippen molar-refractivity contribution in [2.24, 2.45) is 7.05 Å². The summed E-state index contributed by atoms with van der Waals surface area (Å²) in [6.07, 6.45) is 5.73. The Hall–Kier alpha value is -2.34. The average molecular weight is 298 g/mol. The standard InChI is InChI=1S/C15H16N5S/c1-10-14(21-11(2)17-10)13-6-7-16-15(19-13)18-12-5-4-8-20(3)9-12/h4-9H,1-3H3,(H,16,18,19)/q+1. The Balaban J connectivity index is 1.92. The number of hydrogen-bond donors (Lipinski definition) is 1. The van der Waals surface area contributed by atoms with Crippen LogP contribution in [0.15, 0.2) is 36.8 Å². The van der Waals surface area contributed by atoms with Gasteiger partial charge in [0, 0.05) is 12.3 Å². The highest BCUT2D eigenvalue weighted by atomic mass is 32.1. The lowest BCUT2D eigenvalue weighted by molar-refractivity contribution is -0.670. The molecular weight excluding hydrogens is 282 g/mol. The molecular formula is C15H16N5S+. The van der Waals surface area contributed by atoms with E-state index in [4.69, 9.17) is 0 Å². The number of hydrogen-bond acceptors (Lipinski definition) is 5. The van der Waals surface area contributed by atoms with E-state index in [0.29, 0.717) is 5.95 Å². The van der Waals surface area contributed by atoms with Gasteiger partial charge in [0.15, 0.2) is 12.4 Å². The summed E-state index contributed by atoms with van der Waals surface area (Å²) in [6.45, 7) is 4.01. The maximum absolute atomic E-state index is 4.58. The second-order valence-electron chi connectivity index (χ2n) is 4.80. The molecule has 106 valence electrons. The Bertz CT molecular complexity index is 781. The molecule has 6 heteroatoms. The van der Waals surface area contributed by atoms with Crippen molar-refractivity contribution in [3.05, 3.63) is 47.5 Å². The van der Waals surface area contributed by atoms with Crippen LogP contribution in [0, 0.1) is 13.8 Å². The molecule has 0 radical (unpaired) electrons. The van der Waals surface area contributed by atoms with Gasteiger partial charge in [-0.2, -0.15) is 0 Å². The highest BCUT2D eigenvalue weighted by molar-refractivity contribution is 7.15. The molecule has 0 spiro atoms. The van der Waals surface area contributed by atoms with Crippen LogP contribution in [-0.4, -0.2) is 15.0 Å². The third kappa shape index (κ3) is 3.05. The first-order valence-corrected chi connectivity index (χ1v) is 7.43. The van der Waals surface area contributed by atoms with Crippen LogP contribution in [-0.2, 0) is 7.05 Å². The predicted octanol–water partition coefficient (Wildman–Crippen LogP) is 2.79. The fourth-order valence-electron chi connectivity index (χ4n) is 2.11. The highest BCUT2D eigenvalue weighted by Crippen LogP contribution is 2.28. The molecule has 0 aliphatic heterocycles. The Kier molecular flexibility index (Phi) is 3.62. The zero-order valence-corrected chi connectivity index (χ0v) is 13.0. The average Bonchev–Trinajstić information content (AvgIpc) is 2.78. The van der Waals surface area contributed by atoms with Gasteiger partial charge in [0.1, 0.15) is 12.7 Å². The van der Waals surface area contributed by atoms with Gasteiger partial charge in [0.25, 0.3) is 0 Å². The van der Waals surface area contributed by atoms with Crippen molar-refractivity contribution in [1.29, 1.82) is 0 Å². The molecule has 0 amide bonds. The van der Waals surface area contributed by atoms with E-state index in [1.54, 1.807) is 17.5 Å². The number of anilines is 2. The van der Waals surface area contributed by atoms with E-state index in [9.17, 15) is 0 Å². The van der Waals surface area contributed by atoms with E-state index >= 15 is 0 Å². The molecule has 5 nitrogen and oxygen atoms in total. The minimum absolute atomic E-state index is 0.587. The lowest BCUT2D eigenvalue weighted by Gasteiger charge is -2.04. The minimum atomic E-state index is 0.587. The van der Waals surface area contributed by atoms with E-state index in [1.807, 2.05) is 56.1 Å². The van der Waals surface area contributed by atoms with Crippen LogP contribution in [0.1, 0.15) is 10.7 Å². The molecule has 0 aromatic carbocycles. The van der Waals surface area contributed by atoms with Crippen molar-refractivity contribution in [2.75, 3.05) is 5.32 Å². The summed E-state index contributed by atoms with van der Waals surface area (Å²) in [5.41, 5.74) is 2.86. The molecule has 0 saturated carbocycles. The molecule has 3 heterocycles. The SMILES string of the molecule is Cc1nc(C)c(-c2ccnc(Nc3ccc[n+](C)c3)n2)s1. The van der Waals surface area contributed by atoms with Crippen molar-refractivity contribution < 1.29 is 4.57 Å². The van der Waals surface area contributed by atoms with Gasteiger partial charge in [-0.1, -0.05) is 0 Å². The van der Waals surface area contributed by atoms with Gasteiger partial charge in [-0.05, 0) is 26.0 Å². The van der Waals surface area contributed by atoms with Gasteiger partial charge in [0.2, 0.25) is 5.95 Å². The number of pyridine rings is 1. The minimum Gasteiger partial charge on any atom is -0.319 e. The second-order valence-corrected chi connectivity index (χ2v) is 6.00. The summed E-state index contributed by atoms with van der Waals surface area (Å²) in [5.74, 6) is 0.587. The molecule has 3 aromatic rings. The summed E-state index contributed by atoms with van der Waals surface area (Å²) in [5, 5.41) is 4.27. The van der Waals surface area contributed by atoms with Crippen LogP contribution in [0.3, 0.4) is 0 Å². The van der Waals surface area contributed by atoms with Gasteiger partial charge in [-0.3, -0.25) is 0 Å². The maximum Gasteiger partial charge on any atom is 0.227 e. The first kappa shape index (κ1) is 13.6. The summed E-state index contributed by atoms with van der Waals surface area (Å²) in [4.78, 5) is 14.4. The van der Waals surface area contributed by atoms with Crippen LogP contribution in [0.2, 0.25) is 0 Å². The number of aromatic nitrogens is 4. The van der Waals surface area contributed by atoms with Gasteiger partial charge >= 0.3 is 0 Å². The number of nitrogens with zero attached hydrogens (tertiary/aromatic N) is 4. The van der Waals surface area contributed by atoms with Crippen molar-refractivity contribution in [3.8, 4) is 10.6 Å². The molecule has 1 N–H and O–H groups in total. The van der Waals surface area contributed by atoms with Gasteiger partial charge < -0.3 is 5.32 Å². The third-order valence-corrected chi connectivity index (χ3v) is 4.08. The Labute approximate surface area is 127 Å². The van der Waals surface area contributed by atoms with Crippen LogP contribution in [0.4, 0.5) is 11.6 Å². The topological polar surface area (TPSA) is 54.6 Å². The summed E-state index contributed by atoms with van der Waals surface area (Å²) in [7, 11) is 1.98. The zero-order chi connectivity index (χ0) is 14.8. The second kappa shape index (κ2) is 5.57. The molecule has 0 aliphatic rings. The summed E-state index contributed by atoms with van der Waals surface area (Å²) >= 11 is 1.65. The number of nitrogens with one attached hydrogen (secondary N) is 1.